The summed E-state index contributed by atoms with van der Waals surface area (Å²) in [6, 6.07) is 5.51. The highest BCUT2D eigenvalue weighted by Crippen LogP contribution is 2.26. The van der Waals surface area contributed by atoms with Crippen LogP contribution in [-0.4, -0.2) is 40.1 Å². The molecule has 20 heavy (non-hydrogen) atoms. The number of carbonyl (C=O) groups is 1. The van der Waals surface area contributed by atoms with Gasteiger partial charge in [0, 0.05) is 41.8 Å². The molecule has 1 aromatic heterocycles. The number of nitrogens with zero attached hydrogens (tertiary/aromatic N) is 1. The SMILES string of the molecule is CC(O)C1CCN(C(=O)c2c[nH]c3ccc(N)cc23)C1. The summed E-state index contributed by atoms with van der Waals surface area (Å²) in [6.45, 7) is 3.10. The summed E-state index contributed by atoms with van der Waals surface area (Å²) in [7, 11) is 0. The molecule has 0 radical (unpaired) electrons. The van der Waals surface area contributed by atoms with E-state index in [0.717, 1.165) is 17.3 Å². The monoisotopic (exact) mass is 273 g/mol. The fourth-order valence-corrected chi connectivity index (χ4v) is 2.85. The van der Waals surface area contributed by atoms with Gasteiger partial charge in [-0.15, -0.1) is 0 Å². The van der Waals surface area contributed by atoms with Crippen molar-refractivity contribution in [3.8, 4) is 0 Å². The third-order valence-corrected chi connectivity index (χ3v) is 4.13. The molecule has 1 aliphatic rings. The molecular weight excluding hydrogens is 254 g/mol. The molecule has 106 valence electrons. The standard InChI is InChI=1S/C15H19N3O2/c1-9(19)10-4-5-18(8-10)15(20)13-7-17-14-3-2-11(16)6-12(13)14/h2-3,6-7,9-10,17,19H,4-5,8,16H2,1H3. The van der Waals surface area contributed by atoms with Crippen LogP contribution in [0.25, 0.3) is 10.9 Å². The van der Waals surface area contributed by atoms with Crippen molar-refractivity contribution in [1.82, 2.24) is 9.88 Å². The average Bonchev–Trinajstić information content (AvgIpc) is 3.04. The van der Waals surface area contributed by atoms with Gasteiger partial charge in [-0.3, -0.25) is 4.79 Å². The zero-order chi connectivity index (χ0) is 14.3. The van der Waals surface area contributed by atoms with Crippen LogP contribution in [0.3, 0.4) is 0 Å². The maximum Gasteiger partial charge on any atom is 0.256 e. The molecule has 1 fully saturated rings. The molecule has 2 aromatic rings. The Morgan fingerprint density at radius 1 is 1.55 bits per heavy atom. The van der Waals surface area contributed by atoms with Crippen molar-refractivity contribution in [3.05, 3.63) is 30.0 Å². The number of benzene rings is 1. The van der Waals surface area contributed by atoms with Gasteiger partial charge in [0.25, 0.3) is 5.91 Å². The number of aromatic amines is 1. The van der Waals surface area contributed by atoms with Gasteiger partial charge in [-0.1, -0.05) is 0 Å². The molecule has 2 unspecified atom stereocenters. The van der Waals surface area contributed by atoms with E-state index < -0.39 is 0 Å². The van der Waals surface area contributed by atoms with Gasteiger partial charge in [-0.2, -0.15) is 0 Å². The zero-order valence-electron chi connectivity index (χ0n) is 11.5. The van der Waals surface area contributed by atoms with Crippen LogP contribution in [0, 0.1) is 5.92 Å². The van der Waals surface area contributed by atoms with Crippen LogP contribution in [-0.2, 0) is 0 Å². The number of aromatic nitrogens is 1. The summed E-state index contributed by atoms with van der Waals surface area (Å²) in [5.41, 5.74) is 8.01. The van der Waals surface area contributed by atoms with Crippen LogP contribution in [0.15, 0.2) is 24.4 Å². The topological polar surface area (TPSA) is 82.3 Å². The summed E-state index contributed by atoms with van der Waals surface area (Å²) >= 11 is 0. The van der Waals surface area contributed by atoms with Gasteiger partial charge in [-0.25, -0.2) is 0 Å². The summed E-state index contributed by atoms with van der Waals surface area (Å²) in [5.74, 6) is 0.180. The molecule has 4 N–H and O–H groups in total. The number of hydrogen-bond donors (Lipinski definition) is 3. The molecule has 2 atom stereocenters. The van der Waals surface area contributed by atoms with E-state index in [2.05, 4.69) is 4.98 Å². The second-order valence-electron chi connectivity index (χ2n) is 5.55. The van der Waals surface area contributed by atoms with Gasteiger partial charge in [-0.05, 0) is 31.5 Å². The predicted molar refractivity (Wildman–Crippen MR) is 78.4 cm³/mol. The van der Waals surface area contributed by atoms with Gasteiger partial charge in [0.1, 0.15) is 0 Å². The Kier molecular flexibility index (Phi) is 3.14. The third kappa shape index (κ3) is 2.14. The van der Waals surface area contributed by atoms with Crippen LogP contribution >= 0.6 is 0 Å². The first-order chi connectivity index (χ1) is 9.56. The number of fused-ring (bicyclic) bond motifs is 1. The minimum Gasteiger partial charge on any atom is -0.399 e. The van der Waals surface area contributed by atoms with Crippen molar-refractivity contribution in [2.24, 2.45) is 5.92 Å². The Morgan fingerprint density at radius 3 is 3.05 bits per heavy atom. The maximum absolute atomic E-state index is 12.6. The van der Waals surface area contributed by atoms with Crippen LogP contribution < -0.4 is 5.73 Å². The highest BCUT2D eigenvalue weighted by Gasteiger charge is 2.30. The Bertz CT molecular complexity index is 648. The maximum atomic E-state index is 12.6. The lowest BCUT2D eigenvalue weighted by Gasteiger charge is -2.17. The largest absolute Gasteiger partial charge is 0.399 e. The van der Waals surface area contributed by atoms with Crippen LogP contribution in [0.1, 0.15) is 23.7 Å². The number of nitrogens with two attached hydrogens (primary N) is 1. The molecule has 1 saturated heterocycles. The number of nitrogen functional groups attached to an aromatic ring is 1. The van der Waals surface area contributed by atoms with E-state index in [1.165, 1.54) is 0 Å². The first-order valence-electron chi connectivity index (χ1n) is 6.90. The quantitative estimate of drug-likeness (QED) is 0.727. The molecule has 3 rings (SSSR count). The van der Waals surface area contributed by atoms with E-state index in [4.69, 9.17) is 5.73 Å². The van der Waals surface area contributed by atoms with Gasteiger partial charge in [0.05, 0.1) is 11.7 Å². The van der Waals surface area contributed by atoms with Crippen LogP contribution in [0.4, 0.5) is 5.69 Å². The number of hydrogen-bond acceptors (Lipinski definition) is 3. The molecule has 0 bridgehead atoms. The molecule has 5 heteroatoms. The normalized spacial score (nSPS) is 20.5. The predicted octanol–water partition coefficient (Wildman–Crippen LogP) is 1.59. The first-order valence-corrected chi connectivity index (χ1v) is 6.90. The zero-order valence-corrected chi connectivity index (χ0v) is 11.5. The Morgan fingerprint density at radius 2 is 2.35 bits per heavy atom. The molecule has 1 aromatic carbocycles. The molecule has 1 amide bonds. The lowest BCUT2D eigenvalue weighted by Crippen LogP contribution is -2.30. The fraction of sp³-hybridized carbons (Fsp3) is 0.400. The number of carbonyl (C=O) groups excluding carboxylic acids is 1. The van der Waals surface area contributed by atoms with E-state index in [0.29, 0.717) is 24.3 Å². The van der Waals surface area contributed by atoms with E-state index in [1.807, 2.05) is 23.1 Å². The highest BCUT2D eigenvalue weighted by atomic mass is 16.3. The first kappa shape index (κ1) is 13.0. The van der Waals surface area contributed by atoms with Crippen molar-refractivity contribution in [2.75, 3.05) is 18.8 Å². The summed E-state index contributed by atoms with van der Waals surface area (Å²) in [4.78, 5) is 17.5. The van der Waals surface area contributed by atoms with Gasteiger partial charge < -0.3 is 20.7 Å². The fourth-order valence-electron chi connectivity index (χ4n) is 2.85. The second kappa shape index (κ2) is 4.83. The van der Waals surface area contributed by atoms with Crippen molar-refractivity contribution >= 4 is 22.5 Å². The molecule has 1 aliphatic heterocycles. The number of nitrogens with one attached hydrogen (secondary N) is 1. The van der Waals surface area contributed by atoms with Crippen molar-refractivity contribution < 1.29 is 9.90 Å². The summed E-state index contributed by atoms with van der Waals surface area (Å²) in [6.07, 6.45) is 2.22. The van der Waals surface area contributed by atoms with E-state index in [1.54, 1.807) is 13.1 Å². The van der Waals surface area contributed by atoms with E-state index >= 15 is 0 Å². The summed E-state index contributed by atoms with van der Waals surface area (Å²) in [5, 5.41) is 10.5. The number of aliphatic hydroxyl groups excluding tert-OH is 1. The molecular formula is C15H19N3O2. The highest BCUT2D eigenvalue weighted by molar-refractivity contribution is 6.07. The number of aliphatic hydroxyl groups is 1. The van der Waals surface area contributed by atoms with Crippen LogP contribution in [0.2, 0.25) is 0 Å². The van der Waals surface area contributed by atoms with Gasteiger partial charge in [0.15, 0.2) is 0 Å². The number of likely N-dealkylation sites (tertiary alicyclic amines) is 1. The van der Waals surface area contributed by atoms with E-state index in [-0.39, 0.29) is 17.9 Å². The molecule has 0 spiro atoms. The molecule has 5 nitrogen and oxygen atoms in total. The van der Waals surface area contributed by atoms with Gasteiger partial charge in [0.2, 0.25) is 0 Å². The van der Waals surface area contributed by atoms with Crippen molar-refractivity contribution in [1.29, 1.82) is 0 Å². The number of anilines is 1. The number of rotatable bonds is 2. The minimum atomic E-state index is -0.369. The lowest BCUT2D eigenvalue weighted by molar-refractivity contribution is 0.0764. The summed E-state index contributed by atoms with van der Waals surface area (Å²) < 4.78 is 0. The van der Waals surface area contributed by atoms with Crippen LogP contribution in [0.5, 0.6) is 0 Å². The third-order valence-electron chi connectivity index (χ3n) is 4.13. The Balaban J connectivity index is 1.88. The molecule has 2 heterocycles. The smallest absolute Gasteiger partial charge is 0.256 e. The Labute approximate surface area is 117 Å². The van der Waals surface area contributed by atoms with E-state index in [9.17, 15) is 9.90 Å². The number of H-pyrrole nitrogens is 1. The second-order valence-corrected chi connectivity index (χ2v) is 5.55. The lowest BCUT2D eigenvalue weighted by atomic mass is 10.0. The van der Waals surface area contributed by atoms with Crippen molar-refractivity contribution in [2.45, 2.75) is 19.4 Å². The van der Waals surface area contributed by atoms with Gasteiger partial charge >= 0.3 is 0 Å². The minimum absolute atomic E-state index is 0.00463. The van der Waals surface area contributed by atoms with Crippen molar-refractivity contribution in [3.63, 3.8) is 0 Å². The molecule has 0 aliphatic carbocycles. The number of amides is 1. The average molecular weight is 273 g/mol. The molecule has 0 saturated carbocycles. The Hall–Kier alpha value is -2.01.